The first-order chi connectivity index (χ1) is 20.4. The van der Waals surface area contributed by atoms with Crippen LogP contribution in [0.2, 0.25) is 5.02 Å². The molecule has 5 rings (SSSR count). The van der Waals surface area contributed by atoms with Gasteiger partial charge in [-0.3, -0.25) is 9.69 Å². The van der Waals surface area contributed by atoms with Gasteiger partial charge in [-0.2, -0.15) is 17.6 Å². The molecular formula is C28H29ClF4N6O3S. The second-order valence-electron chi connectivity index (χ2n) is 10.6. The summed E-state index contributed by atoms with van der Waals surface area (Å²) in [5.74, 6) is -3.94. The number of anilines is 3. The summed E-state index contributed by atoms with van der Waals surface area (Å²) >= 11 is 7.30. The summed E-state index contributed by atoms with van der Waals surface area (Å²) in [4.78, 5) is 40.1. The molecule has 0 spiro atoms. The molecule has 4 heterocycles. The van der Waals surface area contributed by atoms with Crippen LogP contribution in [0.4, 0.5) is 34.3 Å². The SMILES string of the molecule is CC[C@@H]1CCCN1Cc1sc(Nc2ncnc(N3CCC(C(=O)C(=O)O)CC3)c2F)nc1-c1cc(Cl)cc(C(F)(F)F)c1. The quantitative estimate of drug-likeness (QED) is 0.203. The van der Waals surface area contributed by atoms with Gasteiger partial charge < -0.3 is 15.3 Å². The molecular weight excluding hydrogens is 612 g/mol. The van der Waals surface area contributed by atoms with Crippen LogP contribution in [0.15, 0.2) is 24.5 Å². The van der Waals surface area contributed by atoms with E-state index in [9.17, 15) is 22.8 Å². The highest BCUT2D eigenvalue weighted by Gasteiger charge is 2.33. The summed E-state index contributed by atoms with van der Waals surface area (Å²) in [5, 5.41) is 12.0. The molecule has 0 bridgehead atoms. The summed E-state index contributed by atoms with van der Waals surface area (Å²) in [6, 6.07) is 3.65. The number of aromatic nitrogens is 3. The van der Waals surface area contributed by atoms with Crippen LogP contribution >= 0.6 is 22.9 Å². The first-order valence-electron chi connectivity index (χ1n) is 13.9. The van der Waals surface area contributed by atoms with Gasteiger partial charge in [0.25, 0.3) is 0 Å². The van der Waals surface area contributed by atoms with E-state index in [1.54, 1.807) is 4.90 Å². The Kier molecular flexibility index (Phi) is 9.18. The van der Waals surface area contributed by atoms with Gasteiger partial charge in [0.05, 0.1) is 11.3 Å². The number of carboxylic acids is 1. The van der Waals surface area contributed by atoms with Crippen LogP contribution in [-0.4, -0.2) is 62.4 Å². The number of halogens is 5. The predicted molar refractivity (Wildman–Crippen MR) is 154 cm³/mol. The average molecular weight is 641 g/mol. The van der Waals surface area contributed by atoms with E-state index in [1.165, 1.54) is 23.7 Å². The number of hydrogen-bond donors (Lipinski definition) is 2. The number of benzene rings is 1. The minimum atomic E-state index is -4.60. The molecule has 0 aliphatic carbocycles. The third kappa shape index (κ3) is 6.91. The predicted octanol–water partition coefficient (Wildman–Crippen LogP) is 6.40. The standard InChI is InChI=1S/C28H29ClF4N6O3S/c1-2-19-4-3-7-39(19)13-20-22(16-10-17(28(31,32)33)12-18(29)11-16)36-27(43-20)37-24-21(30)25(35-14-34-24)38-8-5-15(6-9-38)23(40)26(41)42/h10-12,14-15,19H,2-9,13H2,1H3,(H,41,42)(H,34,35,36,37)/t19-/m1/s1. The largest absolute Gasteiger partial charge is 0.475 e. The lowest BCUT2D eigenvalue weighted by atomic mass is 9.92. The lowest BCUT2D eigenvalue weighted by molar-refractivity contribution is -0.151. The average Bonchev–Trinajstić information content (AvgIpc) is 3.59. The number of Topliss-reactive ketones (excluding diaryl/α,β-unsaturated/α-hetero) is 1. The summed E-state index contributed by atoms with van der Waals surface area (Å²) < 4.78 is 56.5. The highest BCUT2D eigenvalue weighted by atomic mass is 35.5. The molecule has 43 heavy (non-hydrogen) atoms. The van der Waals surface area contributed by atoms with E-state index < -0.39 is 35.2 Å². The van der Waals surface area contributed by atoms with Crippen LogP contribution in [0.1, 0.15) is 49.5 Å². The van der Waals surface area contributed by atoms with Crippen molar-refractivity contribution in [3.8, 4) is 11.3 Å². The lowest BCUT2D eigenvalue weighted by Gasteiger charge is -2.31. The number of ketones is 1. The monoisotopic (exact) mass is 640 g/mol. The second-order valence-corrected chi connectivity index (χ2v) is 12.1. The maximum Gasteiger partial charge on any atom is 0.416 e. The van der Waals surface area contributed by atoms with E-state index >= 15 is 4.39 Å². The number of nitrogens with one attached hydrogen (secondary N) is 1. The van der Waals surface area contributed by atoms with Crippen molar-refractivity contribution < 1.29 is 32.3 Å². The van der Waals surface area contributed by atoms with Gasteiger partial charge in [0.15, 0.2) is 16.8 Å². The third-order valence-corrected chi connectivity index (χ3v) is 9.06. The Morgan fingerprint density at radius 1 is 1.14 bits per heavy atom. The van der Waals surface area contributed by atoms with E-state index in [-0.39, 0.29) is 53.3 Å². The number of rotatable bonds is 9. The first kappa shape index (κ1) is 31.1. The molecule has 15 heteroatoms. The molecule has 2 fully saturated rings. The Labute approximate surface area is 253 Å². The van der Waals surface area contributed by atoms with Gasteiger partial charge in [0, 0.05) is 47.1 Å². The fourth-order valence-electron chi connectivity index (χ4n) is 5.68. The minimum Gasteiger partial charge on any atom is -0.475 e. The van der Waals surface area contributed by atoms with Crippen LogP contribution in [0.25, 0.3) is 11.3 Å². The Morgan fingerprint density at radius 3 is 2.56 bits per heavy atom. The summed E-state index contributed by atoms with van der Waals surface area (Å²) in [7, 11) is 0. The molecule has 0 amide bonds. The molecule has 2 aromatic heterocycles. The van der Waals surface area contributed by atoms with Crippen molar-refractivity contribution >= 4 is 51.5 Å². The van der Waals surface area contributed by atoms with Crippen LogP contribution in [0.5, 0.6) is 0 Å². The van der Waals surface area contributed by atoms with Gasteiger partial charge in [-0.1, -0.05) is 29.9 Å². The molecule has 0 radical (unpaired) electrons. The van der Waals surface area contributed by atoms with Crippen molar-refractivity contribution in [3.63, 3.8) is 0 Å². The molecule has 1 aromatic carbocycles. The van der Waals surface area contributed by atoms with Gasteiger partial charge in [-0.15, -0.1) is 0 Å². The minimum absolute atomic E-state index is 0.0109. The fraction of sp³-hybridized carbons (Fsp3) is 0.464. The number of aliphatic carboxylic acids is 1. The van der Waals surface area contributed by atoms with Crippen molar-refractivity contribution in [2.24, 2.45) is 5.92 Å². The van der Waals surface area contributed by atoms with Crippen molar-refractivity contribution in [3.05, 3.63) is 45.8 Å². The smallest absolute Gasteiger partial charge is 0.416 e. The number of carboxylic acid groups (broad SMARTS) is 1. The number of carbonyl (C=O) groups is 2. The van der Waals surface area contributed by atoms with E-state index in [0.717, 1.165) is 37.9 Å². The van der Waals surface area contributed by atoms with Crippen molar-refractivity contribution in [1.29, 1.82) is 0 Å². The molecule has 1 atom stereocenters. The van der Waals surface area contributed by atoms with Crippen LogP contribution in [-0.2, 0) is 22.3 Å². The summed E-state index contributed by atoms with van der Waals surface area (Å²) in [6.07, 6.45) is 0.0376. The van der Waals surface area contributed by atoms with Gasteiger partial charge in [-0.05, 0) is 56.8 Å². The zero-order valence-corrected chi connectivity index (χ0v) is 24.7. The highest BCUT2D eigenvalue weighted by Crippen LogP contribution is 2.40. The zero-order chi connectivity index (χ0) is 30.9. The van der Waals surface area contributed by atoms with E-state index in [4.69, 9.17) is 16.7 Å². The molecule has 3 aromatic rings. The molecule has 2 aliphatic heterocycles. The number of carbonyl (C=O) groups excluding carboxylic acids is 1. The molecule has 2 N–H and O–H groups in total. The molecule has 0 saturated carbocycles. The Morgan fingerprint density at radius 2 is 1.88 bits per heavy atom. The maximum atomic E-state index is 15.7. The van der Waals surface area contributed by atoms with Gasteiger partial charge >= 0.3 is 12.1 Å². The summed E-state index contributed by atoms with van der Waals surface area (Å²) in [6.45, 7) is 3.86. The molecule has 0 unspecified atom stereocenters. The number of hydrogen-bond acceptors (Lipinski definition) is 9. The molecule has 2 saturated heterocycles. The fourth-order valence-corrected chi connectivity index (χ4v) is 6.92. The van der Waals surface area contributed by atoms with E-state index in [1.807, 2.05) is 0 Å². The van der Waals surface area contributed by atoms with Crippen LogP contribution in [0.3, 0.4) is 0 Å². The Hall–Kier alpha value is -3.36. The lowest BCUT2D eigenvalue weighted by Crippen LogP contribution is -2.39. The van der Waals surface area contributed by atoms with Crippen molar-refractivity contribution in [2.75, 3.05) is 29.9 Å². The van der Waals surface area contributed by atoms with Gasteiger partial charge in [0.1, 0.15) is 6.33 Å². The highest BCUT2D eigenvalue weighted by molar-refractivity contribution is 7.16. The maximum absolute atomic E-state index is 15.7. The Bertz CT molecular complexity index is 1510. The number of thiazole rings is 1. The third-order valence-electron chi connectivity index (χ3n) is 7.89. The van der Waals surface area contributed by atoms with Gasteiger partial charge in [0.2, 0.25) is 11.6 Å². The van der Waals surface area contributed by atoms with E-state index in [2.05, 4.69) is 32.1 Å². The van der Waals surface area contributed by atoms with Crippen molar-refractivity contribution in [1.82, 2.24) is 19.9 Å². The number of alkyl halides is 3. The van der Waals surface area contributed by atoms with Crippen LogP contribution in [0, 0.1) is 11.7 Å². The molecule has 230 valence electrons. The molecule has 9 nitrogen and oxygen atoms in total. The molecule has 2 aliphatic rings. The number of likely N-dealkylation sites (tertiary alicyclic amines) is 1. The summed E-state index contributed by atoms with van der Waals surface area (Å²) in [5.41, 5.74) is -0.368. The topological polar surface area (TPSA) is 112 Å². The van der Waals surface area contributed by atoms with Crippen LogP contribution < -0.4 is 10.2 Å². The zero-order valence-electron chi connectivity index (χ0n) is 23.1. The Balaban J connectivity index is 1.44. The first-order valence-corrected chi connectivity index (χ1v) is 15.1. The van der Waals surface area contributed by atoms with Crippen molar-refractivity contribution in [2.45, 2.75) is 57.8 Å². The van der Waals surface area contributed by atoms with E-state index in [0.29, 0.717) is 23.2 Å². The normalized spacial score (nSPS) is 18.3. The second kappa shape index (κ2) is 12.7. The number of nitrogens with zero attached hydrogens (tertiary/aromatic N) is 5. The number of piperidine rings is 1. The van der Waals surface area contributed by atoms with Gasteiger partial charge in [-0.25, -0.2) is 19.7 Å².